The first-order chi connectivity index (χ1) is 29.5. The van der Waals surface area contributed by atoms with E-state index in [1.165, 1.54) is 148 Å². The zero-order chi connectivity index (χ0) is 43.7. The molecule has 0 aromatic heterocycles. The van der Waals surface area contributed by atoms with Crippen LogP contribution in [0, 0.1) is 0 Å². The second-order valence-electron chi connectivity index (χ2n) is 17.5. The lowest BCUT2D eigenvalue weighted by Gasteiger charge is -2.18. The summed E-state index contributed by atoms with van der Waals surface area (Å²) in [5, 5.41) is 0. The Balaban J connectivity index is 4.33. The van der Waals surface area contributed by atoms with Gasteiger partial charge >= 0.3 is 17.9 Å². The zero-order valence-corrected chi connectivity index (χ0v) is 40.0. The molecule has 0 aliphatic rings. The van der Waals surface area contributed by atoms with Crippen LogP contribution in [0.1, 0.15) is 271 Å². The first-order valence-electron chi connectivity index (χ1n) is 26.0. The van der Waals surface area contributed by atoms with Gasteiger partial charge in [0.2, 0.25) is 0 Å². The lowest BCUT2D eigenvalue weighted by Crippen LogP contribution is -2.30. The van der Waals surface area contributed by atoms with Crippen molar-refractivity contribution in [1.82, 2.24) is 0 Å². The molecule has 0 bridgehead atoms. The summed E-state index contributed by atoms with van der Waals surface area (Å²) >= 11 is 0. The molecule has 0 radical (unpaired) electrons. The maximum Gasteiger partial charge on any atom is 0.306 e. The Labute approximate surface area is 372 Å². The van der Waals surface area contributed by atoms with Gasteiger partial charge in [-0.05, 0) is 38.5 Å². The van der Waals surface area contributed by atoms with Gasteiger partial charge in [-0.2, -0.15) is 0 Å². The number of unbranched alkanes of at least 4 members (excludes halogenated alkanes) is 32. The van der Waals surface area contributed by atoms with Gasteiger partial charge < -0.3 is 14.2 Å². The van der Waals surface area contributed by atoms with Crippen LogP contribution in [0.4, 0.5) is 0 Å². The van der Waals surface area contributed by atoms with Gasteiger partial charge in [0.05, 0.1) is 0 Å². The quantitative estimate of drug-likeness (QED) is 0.0263. The molecule has 0 aromatic carbocycles. The van der Waals surface area contributed by atoms with E-state index in [2.05, 4.69) is 57.2 Å². The molecule has 0 fully saturated rings. The predicted molar refractivity (Wildman–Crippen MR) is 256 cm³/mol. The zero-order valence-electron chi connectivity index (χ0n) is 40.0. The molecule has 0 saturated heterocycles. The summed E-state index contributed by atoms with van der Waals surface area (Å²) in [5.41, 5.74) is 0. The van der Waals surface area contributed by atoms with Crippen molar-refractivity contribution in [1.29, 1.82) is 0 Å². The third-order valence-corrected chi connectivity index (χ3v) is 11.5. The highest BCUT2D eigenvalue weighted by Crippen LogP contribution is 2.16. The highest BCUT2D eigenvalue weighted by Gasteiger charge is 2.19. The van der Waals surface area contributed by atoms with E-state index in [0.29, 0.717) is 19.3 Å². The molecule has 60 heavy (non-hydrogen) atoms. The second kappa shape index (κ2) is 49.3. The van der Waals surface area contributed by atoms with E-state index in [4.69, 9.17) is 14.2 Å². The largest absolute Gasteiger partial charge is 0.462 e. The average molecular weight is 843 g/mol. The van der Waals surface area contributed by atoms with Crippen LogP contribution < -0.4 is 0 Å². The van der Waals surface area contributed by atoms with Crippen molar-refractivity contribution in [2.45, 2.75) is 277 Å². The molecule has 0 heterocycles. The van der Waals surface area contributed by atoms with Crippen molar-refractivity contribution in [2.75, 3.05) is 13.2 Å². The SMILES string of the molecule is CC\C=C/C=C\C=C/CCCCCCCC(=O)OC(COC(=O)CCCCCCCCCCCCCC)COC(=O)CCCCCCCCCCCCCCCCCCC. The Bertz CT molecular complexity index is 1020. The number of allylic oxidation sites excluding steroid dienone is 6. The minimum Gasteiger partial charge on any atom is -0.462 e. The molecule has 0 saturated carbocycles. The van der Waals surface area contributed by atoms with Gasteiger partial charge in [-0.15, -0.1) is 0 Å². The number of carbonyl (C=O) groups is 3. The average Bonchev–Trinajstić information content (AvgIpc) is 3.24. The Hall–Kier alpha value is -2.37. The van der Waals surface area contributed by atoms with Crippen molar-refractivity contribution in [3.63, 3.8) is 0 Å². The smallest absolute Gasteiger partial charge is 0.306 e. The van der Waals surface area contributed by atoms with Gasteiger partial charge in [0.1, 0.15) is 13.2 Å². The molecule has 350 valence electrons. The first kappa shape index (κ1) is 57.6. The molecule has 0 aliphatic heterocycles. The molecule has 1 unspecified atom stereocenters. The molecule has 0 rings (SSSR count). The number of carbonyl (C=O) groups excluding carboxylic acids is 3. The molecule has 6 nitrogen and oxygen atoms in total. The summed E-state index contributed by atoms with van der Waals surface area (Å²) in [6.45, 7) is 6.51. The summed E-state index contributed by atoms with van der Waals surface area (Å²) in [6, 6.07) is 0. The van der Waals surface area contributed by atoms with Crippen molar-refractivity contribution >= 4 is 17.9 Å². The standard InChI is InChI=1S/C54H98O6/c1-4-7-10-13-16-19-22-25-26-27-28-30-32-35-38-41-44-47-53(56)59-50-51(49-58-52(55)46-43-40-37-34-31-24-21-18-15-12-9-6-3)60-54(57)48-45-42-39-36-33-29-23-20-17-14-11-8-5-2/h8,11,14,17,20,23,51H,4-7,9-10,12-13,15-16,18-19,21-22,24-50H2,1-3H3/b11-8-,17-14-,23-20-. The molecule has 0 N–H and O–H groups in total. The topological polar surface area (TPSA) is 78.9 Å². The van der Waals surface area contributed by atoms with Gasteiger partial charge in [-0.25, -0.2) is 0 Å². The fourth-order valence-corrected chi connectivity index (χ4v) is 7.56. The highest BCUT2D eigenvalue weighted by molar-refractivity contribution is 5.71. The van der Waals surface area contributed by atoms with Crippen LogP contribution in [-0.4, -0.2) is 37.2 Å². The van der Waals surface area contributed by atoms with Gasteiger partial charge in [-0.3, -0.25) is 14.4 Å². The van der Waals surface area contributed by atoms with E-state index in [1.54, 1.807) is 0 Å². The van der Waals surface area contributed by atoms with Crippen molar-refractivity contribution < 1.29 is 28.6 Å². The summed E-state index contributed by atoms with van der Waals surface area (Å²) in [5.74, 6) is -0.885. The Morgan fingerprint density at radius 1 is 0.350 bits per heavy atom. The maximum absolute atomic E-state index is 12.8. The number of hydrogen-bond acceptors (Lipinski definition) is 6. The Kier molecular flexibility index (Phi) is 47.3. The first-order valence-corrected chi connectivity index (χ1v) is 26.0. The van der Waals surface area contributed by atoms with Crippen LogP contribution in [0.15, 0.2) is 36.5 Å². The van der Waals surface area contributed by atoms with Crippen LogP contribution in [-0.2, 0) is 28.6 Å². The Morgan fingerprint density at radius 3 is 1.00 bits per heavy atom. The highest BCUT2D eigenvalue weighted by atomic mass is 16.6. The monoisotopic (exact) mass is 843 g/mol. The third-order valence-electron chi connectivity index (χ3n) is 11.5. The van der Waals surface area contributed by atoms with Crippen molar-refractivity contribution in [3.8, 4) is 0 Å². The van der Waals surface area contributed by atoms with Gasteiger partial charge in [0, 0.05) is 19.3 Å². The minimum absolute atomic E-state index is 0.0764. The molecule has 0 amide bonds. The van der Waals surface area contributed by atoms with Crippen LogP contribution in [0.3, 0.4) is 0 Å². The van der Waals surface area contributed by atoms with Crippen LogP contribution in [0.25, 0.3) is 0 Å². The number of hydrogen-bond donors (Lipinski definition) is 0. The Morgan fingerprint density at radius 2 is 0.650 bits per heavy atom. The van der Waals surface area contributed by atoms with E-state index in [0.717, 1.165) is 83.5 Å². The van der Waals surface area contributed by atoms with E-state index >= 15 is 0 Å². The maximum atomic E-state index is 12.8. The molecular weight excluding hydrogens is 745 g/mol. The van der Waals surface area contributed by atoms with Crippen LogP contribution >= 0.6 is 0 Å². The van der Waals surface area contributed by atoms with E-state index in [-0.39, 0.29) is 31.1 Å². The van der Waals surface area contributed by atoms with E-state index < -0.39 is 6.10 Å². The van der Waals surface area contributed by atoms with Crippen molar-refractivity contribution in [2.24, 2.45) is 0 Å². The van der Waals surface area contributed by atoms with E-state index in [9.17, 15) is 14.4 Å². The van der Waals surface area contributed by atoms with E-state index in [1.807, 2.05) is 0 Å². The summed E-state index contributed by atoms with van der Waals surface area (Å²) in [4.78, 5) is 37.9. The fraction of sp³-hybridized carbons (Fsp3) is 0.833. The van der Waals surface area contributed by atoms with Crippen LogP contribution in [0.2, 0.25) is 0 Å². The molecule has 0 aromatic rings. The lowest BCUT2D eigenvalue weighted by atomic mass is 10.0. The van der Waals surface area contributed by atoms with Crippen LogP contribution in [0.5, 0.6) is 0 Å². The second-order valence-corrected chi connectivity index (χ2v) is 17.5. The molecule has 0 spiro atoms. The van der Waals surface area contributed by atoms with Gasteiger partial charge in [0.15, 0.2) is 6.10 Å². The van der Waals surface area contributed by atoms with Gasteiger partial charge in [0.25, 0.3) is 0 Å². The summed E-state index contributed by atoms with van der Waals surface area (Å²) < 4.78 is 16.8. The number of rotatable bonds is 47. The predicted octanol–water partition coefficient (Wildman–Crippen LogP) is 16.9. The molecule has 6 heteroatoms. The summed E-state index contributed by atoms with van der Waals surface area (Å²) in [6.07, 6.45) is 57.0. The summed E-state index contributed by atoms with van der Waals surface area (Å²) in [7, 11) is 0. The molecular formula is C54H98O6. The minimum atomic E-state index is -0.777. The normalized spacial score (nSPS) is 12.2. The van der Waals surface area contributed by atoms with Gasteiger partial charge in [-0.1, -0.05) is 250 Å². The fourth-order valence-electron chi connectivity index (χ4n) is 7.56. The lowest BCUT2D eigenvalue weighted by molar-refractivity contribution is -0.167. The molecule has 1 atom stereocenters. The molecule has 0 aliphatic carbocycles. The third kappa shape index (κ3) is 46.7. The number of ether oxygens (including phenoxy) is 3. The van der Waals surface area contributed by atoms with Crippen molar-refractivity contribution in [3.05, 3.63) is 36.5 Å². The number of esters is 3.